The van der Waals surface area contributed by atoms with Gasteiger partial charge in [-0.15, -0.1) is 0 Å². The fourth-order valence-corrected chi connectivity index (χ4v) is 2.88. The second kappa shape index (κ2) is 7.06. The van der Waals surface area contributed by atoms with Crippen LogP contribution in [0.1, 0.15) is 43.7 Å². The third-order valence-corrected chi connectivity index (χ3v) is 4.32. The third-order valence-electron chi connectivity index (χ3n) is 4.32. The summed E-state index contributed by atoms with van der Waals surface area (Å²) in [5, 5.41) is 3.72. The minimum absolute atomic E-state index is 0.584. The molecule has 2 nitrogen and oxygen atoms in total. The van der Waals surface area contributed by atoms with E-state index in [1.165, 1.54) is 36.8 Å². The molecule has 0 heterocycles. The predicted octanol–water partition coefficient (Wildman–Crippen LogP) is 3.35. The fourth-order valence-electron chi connectivity index (χ4n) is 2.88. The van der Waals surface area contributed by atoms with Gasteiger partial charge in [-0.25, -0.2) is 0 Å². The van der Waals surface area contributed by atoms with Crippen LogP contribution < -0.4 is 5.32 Å². The van der Waals surface area contributed by atoms with Crippen LogP contribution in [-0.4, -0.2) is 30.6 Å². The van der Waals surface area contributed by atoms with Crippen LogP contribution in [0.2, 0.25) is 0 Å². The van der Waals surface area contributed by atoms with Crippen molar-refractivity contribution in [2.24, 2.45) is 0 Å². The zero-order valence-electron chi connectivity index (χ0n) is 12.7. The molecular formula is C17H28N2. The highest BCUT2D eigenvalue weighted by molar-refractivity contribution is 5.22. The SMILES string of the molecule is Cc1cccc(CN(C)C(C)CNC2CCCC2)c1. The van der Waals surface area contributed by atoms with Crippen molar-refractivity contribution in [2.45, 2.75) is 58.2 Å². The van der Waals surface area contributed by atoms with Gasteiger partial charge in [0.1, 0.15) is 0 Å². The number of aryl methyl sites for hydroxylation is 1. The topological polar surface area (TPSA) is 15.3 Å². The molecule has 1 aromatic carbocycles. The lowest BCUT2D eigenvalue weighted by molar-refractivity contribution is 0.237. The maximum Gasteiger partial charge on any atom is 0.0234 e. The van der Waals surface area contributed by atoms with Crippen molar-refractivity contribution < 1.29 is 0 Å². The molecule has 0 aliphatic heterocycles. The molecular weight excluding hydrogens is 232 g/mol. The summed E-state index contributed by atoms with van der Waals surface area (Å²) in [6.07, 6.45) is 5.55. The minimum atomic E-state index is 0.584. The first-order chi connectivity index (χ1) is 9.15. The van der Waals surface area contributed by atoms with Crippen LogP contribution in [-0.2, 0) is 6.54 Å². The summed E-state index contributed by atoms with van der Waals surface area (Å²) in [6.45, 7) is 6.62. The van der Waals surface area contributed by atoms with Gasteiger partial charge in [0.2, 0.25) is 0 Å². The second-order valence-electron chi connectivity index (χ2n) is 6.14. The number of likely N-dealkylation sites (N-methyl/N-ethyl adjacent to an activating group) is 1. The van der Waals surface area contributed by atoms with Crippen LogP contribution in [0.15, 0.2) is 24.3 Å². The van der Waals surface area contributed by atoms with Gasteiger partial charge in [0.25, 0.3) is 0 Å². The van der Waals surface area contributed by atoms with Gasteiger partial charge in [0, 0.05) is 25.2 Å². The fraction of sp³-hybridized carbons (Fsp3) is 0.647. The number of hydrogen-bond acceptors (Lipinski definition) is 2. The molecule has 0 spiro atoms. The number of rotatable bonds is 6. The maximum absolute atomic E-state index is 3.72. The van der Waals surface area contributed by atoms with Gasteiger partial charge >= 0.3 is 0 Å². The Morgan fingerprint density at radius 2 is 2.05 bits per heavy atom. The Bertz CT molecular complexity index is 383. The van der Waals surface area contributed by atoms with Crippen LogP contribution in [0.5, 0.6) is 0 Å². The van der Waals surface area contributed by atoms with Crippen LogP contribution >= 0.6 is 0 Å². The molecule has 1 N–H and O–H groups in total. The molecule has 1 aromatic rings. The number of hydrogen-bond donors (Lipinski definition) is 1. The van der Waals surface area contributed by atoms with E-state index >= 15 is 0 Å². The van der Waals surface area contributed by atoms with Crippen molar-refractivity contribution in [3.8, 4) is 0 Å². The highest BCUT2D eigenvalue weighted by Crippen LogP contribution is 2.17. The molecule has 0 aromatic heterocycles. The molecule has 1 aliphatic carbocycles. The average Bonchev–Trinajstić information content (AvgIpc) is 2.89. The molecule has 19 heavy (non-hydrogen) atoms. The van der Waals surface area contributed by atoms with E-state index in [1.54, 1.807) is 0 Å². The minimum Gasteiger partial charge on any atom is -0.312 e. The van der Waals surface area contributed by atoms with Gasteiger partial charge in [0.15, 0.2) is 0 Å². The number of nitrogens with one attached hydrogen (secondary N) is 1. The number of benzene rings is 1. The first-order valence-corrected chi connectivity index (χ1v) is 7.64. The van der Waals surface area contributed by atoms with E-state index < -0.39 is 0 Å². The zero-order valence-corrected chi connectivity index (χ0v) is 12.7. The first kappa shape index (κ1) is 14.5. The molecule has 106 valence electrons. The van der Waals surface area contributed by atoms with Gasteiger partial charge in [-0.3, -0.25) is 4.90 Å². The molecule has 1 fully saturated rings. The van der Waals surface area contributed by atoms with Gasteiger partial charge in [-0.05, 0) is 39.3 Å². The standard InChI is InChI=1S/C17H28N2/c1-14-7-6-8-16(11-14)13-19(3)15(2)12-18-17-9-4-5-10-17/h6-8,11,15,17-18H,4-5,9-10,12-13H2,1-3H3. The van der Waals surface area contributed by atoms with Crippen molar-refractivity contribution in [3.05, 3.63) is 35.4 Å². The summed E-state index contributed by atoms with van der Waals surface area (Å²) in [6, 6.07) is 10.2. The van der Waals surface area contributed by atoms with E-state index in [9.17, 15) is 0 Å². The maximum atomic E-state index is 3.72. The molecule has 1 unspecified atom stereocenters. The molecule has 1 aliphatic rings. The summed E-state index contributed by atoms with van der Waals surface area (Å²) in [5.74, 6) is 0. The van der Waals surface area contributed by atoms with E-state index in [2.05, 4.69) is 55.4 Å². The molecule has 2 rings (SSSR count). The monoisotopic (exact) mass is 260 g/mol. The highest BCUT2D eigenvalue weighted by Gasteiger charge is 2.16. The summed E-state index contributed by atoms with van der Waals surface area (Å²) in [7, 11) is 2.23. The van der Waals surface area contributed by atoms with Crippen LogP contribution in [0.25, 0.3) is 0 Å². The molecule has 2 heteroatoms. The van der Waals surface area contributed by atoms with E-state index in [0.29, 0.717) is 6.04 Å². The lowest BCUT2D eigenvalue weighted by Gasteiger charge is -2.26. The van der Waals surface area contributed by atoms with E-state index in [-0.39, 0.29) is 0 Å². The van der Waals surface area contributed by atoms with Gasteiger partial charge in [-0.2, -0.15) is 0 Å². The van der Waals surface area contributed by atoms with Crippen molar-refractivity contribution in [1.82, 2.24) is 10.2 Å². The van der Waals surface area contributed by atoms with Crippen LogP contribution in [0.3, 0.4) is 0 Å². The second-order valence-corrected chi connectivity index (χ2v) is 6.14. The Hall–Kier alpha value is -0.860. The van der Waals surface area contributed by atoms with Crippen molar-refractivity contribution in [2.75, 3.05) is 13.6 Å². The predicted molar refractivity (Wildman–Crippen MR) is 82.4 cm³/mol. The molecule has 0 amide bonds. The van der Waals surface area contributed by atoms with Crippen LogP contribution in [0.4, 0.5) is 0 Å². The molecule has 0 bridgehead atoms. The molecule has 1 saturated carbocycles. The Morgan fingerprint density at radius 1 is 1.32 bits per heavy atom. The lowest BCUT2D eigenvalue weighted by Crippen LogP contribution is -2.40. The molecule has 0 radical (unpaired) electrons. The highest BCUT2D eigenvalue weighted by atomic mass is 15.1. The Labute approximate surface area is 118 Å². The normalized spacial score (nSPS) is 18.1. The molecule has 0 saturated heterocycles. The first-order valence-electron chi connectivity index (χ1n) is 7.64. The quantitative estimate of drug-likeness (QED) is 0.844. The van der Waals surface area contributed by atoms with Gasteiger partial charge in [0.05, 0.1) is 0 Å². The Morgan fingerprint density at radius 3 is 2.74 bits per heavy atom. The summed E-state index contributed by atoms with van der Waals surface area (Å²) >= 11 is 0. The summed E-state index contributed by atoms with van der Waals surface area (Å²) in [5.41, 5.74) is 2.76. The van der Waals surface area contributed by atoms with Gasteiger partial charge in [-0.1, -0.05) is 42.7 Å². The van der Waals surface area contributed by atoms with E-state index in [0.717, 1.165) is 19.1 Å². The zero-order chi connectivity index (χ0) is 13.7. The third kappa shape index (κ3) is 4.63. The average molecular weight is 260 g/mol. The van der Waals surface area contributed by atoms with E-state index in [4.69, 9.17) is 0 Å². The smallest absolute Gasteiger partial charge is 0.0234 e. The lowest BCUT2D eigenvalue weighted by atomic mass is 10.1. The number of nitrogens with zero attached hydrogens (tertiary/aromatic N) is 1. The summed E-state index contributed by atoms with van der Waals surface area (Å²) < 4.78 is 0. The van der Waals surface area contributed by atoms with Gasteiger partial charge < -0.3 is 5.32 Å². The Balaban J connectivity index is 1.76. The summed E-state index contributed by atoms with van der Waals surface area (Å²) in [4.78, 5) is 2.44. The van der Waals surface area contributed by atoms with Crippen LogP contribution in [0, 0.1) is 6.92 Å². The largest absolute Gasteiger partial charge is 0.312 e. The molecule has 1 atom stereocenters. The van der Waals surface area contributed by atoms with Crippen molar-refractivity contribution in [3.63, 3.8) is 0 Å². The van der Waals surface area contributed by atoms with Crippen molar-refractivity contribution >= 4 is 0 Å². The Kier molecular flexibility index (Phi) is 5.41. The van der Waals surface area contributed by atoms with E-state index in [1.807, 2.05) is 0 Å². The van der Waals surface area contributed by atoms with Crippen molar-refractivity contribution in [1.29, 1.82) is 0 Å².